The summed E-state index contributed by atoms with van der Waals surface area (Å²) >= 11 is 0. The first kappa shape index (κ1) is 33.0. The molecule has 0 aliphatic rings. The number of methoxy groups -OCH3 is 4. The van der Waals surface area contributed by atoms with Crippen LogP contribution in [0.15, 0.2) is 36.4 Å². The Balaban J connectivity index is 0.00000132. The summed E-state index contributed by atoms with van der Waals surface area (Å²) in [4.78, 5) is 2.31. The van der Waals surface area contributed by atoms with Crippen LogP contribution < -0.4 is 18.9 Å². The van der Waals surface area contributed by atoms with E-state index >= 15 is 0 Å². The molecule has 0 heterocycles. The maximum atomic E-state index is 10.2. The molecule has 10 nitrogen and oxygen atoms in total. The van der Waals surface area contributed by atoms with Crippen LogP contribution in [0.25, 0.3) is 0 Å². The second-order valence-electron chi connectivity index (χ2n) is 9.10. The van der Waals surface area contributed by atoms with Crippen molar-refractivity contribution < 1.29 is 36.5 Å². The van der Waals surface area contributed by atoms with E-state index in [1.54, 1.807) is 28.4 Å². The molecule has 212 valence electrons. The average molecular weight is 553 g/mol. The van der Waals surface area contributed by atoms with E-state index in [2.05, 4.69) is 37.9 Å². The highest BCUT2D eigenvalue weighted by atomic mass is 32.3. The summed E-state index contributed by atoms with van der Waals surface area (Å²) in [6.45, 7) is 6.06. The zero-order valence-electron chi connectivity index (χ0n) is 23.2. The molecular weight excluding hydrogens is 512 g/mol. The first-order chi connectivity index (χ1) is 17.8. The Kier molecular flexibility index (Phi) is 13.4. The molecule has 38 heavy (non-hydrogen) atoms. The highest BCUT2D eigenvalue weighted by Gasteiger charge is 2.36. The lowest BCUT2D eigenvalue weighted by atomic mass is 9.69. The van der Waals surface area contributed by atoms with Gasteiger partial charge in [-0.15, -0.1) is 0 Å². The van der Waals surface area contributed by atoms with E-state index in [0.717, 1.165) is 49.4 Å². The minimum absolute atomic E-state index is 0.165. The van der Waals surface area contributed by atoms with Gasteiger partial charge in [-0.25, -0.2) is 0 Å². The molecule has 0 aromatic heterocycles. The normalized spacial score (nSPS) is 12.7. The van der Waals surface area contributed by atoms with E-state index in [9.17, 15) is 5.26 Å². The predicted molar refractivity (Wildman–Crippen MR) is 146 cm³/mol. The van der Waals surface area contributed by atoms with Crippen molar-refractivity contribution in [1.82, 2.24) is 4.90 Å². The Morgan fingerprint density at radius 2 is 1.39 bits per heavy atom. The molecule has 2 aromatic rings. The Labute approximate surface area is 226 Å². The molecule has 11 heteroatoms. The van der Waals surface area contributed by atoms with Crippen LogP contribution >= 0.6 is 0 Å². The van der Waals surface area contributed by atoms with Gasteiger partial charge in [-0.2, -0.15) is 13.7 Å². The summed E-state index contributed by atoms with van der Waals surface area (Å²) in [5.41, 5.74) is 1.60. The molecule has 0 fully saturated rings. The van der Waals surface area contributed by atoms with Crippen LogP contribution in [0.2, 0.25) is 0 Å². The van der Waals surface area contributed by atoms with Gasteiger partial charge in [0.1, 0.15) is 0 Å². The predicted octanol–water partition coefficient (Wildman–Crippen LogP) is 4.44. The maximum absolute atomic E-state index is 10.2. The molecule has 0 spiro atoms. The molecule has 2 rings (SSSR count). The van der Waals surface area contributed by atoms with Crippen molar-refractivity contribution in [2.45, 2.75) is 38.5 Å². The number of nitrogens with zero attached hydrogens (tertiary/aromatic N) is 2. The lowest BCUT2D eigenvalue weighted by molar-refractivity contribution is 0.292. The molecule has 0 bridgehead atoms. The van der Waals surface area contributed by atoms with Gasteiger partial charge in [-0.3, -0.25) is 9.11 Å². The fourth-order valence-corrected chi connectivity index (χ4v) is 4.23. The third-order valence-corrected chi connectivity index (χ3v) is 6.42. The monoisotopic (exact) mass is 552 g/mol. The maximum Gasteiger partial charge on any atom is 0.394 e. The second-order valence-corrected chi connectivity index (χ2v) is 10.00. The highest BCUT2D eigenvalue weighted by molar-refractivity contribution is 7.79. The van der Waals surface area contributed by atoms with Crippen molar-refractivity contribution in [2.75, 3.05) is 48.6 Å². The minimum Gasteiger partial charge on any atom is -0.493 e. The van der Waals surface area contributed by atoms with Crippen molar-refractivity contribution in [1.29, 1.82) is 5.26 Å². The van der Waals surface area contributed by atoms with Crippen LogP contribution in [0.3, 0.4) is 0 Å². The zero-order chi connectivity index (χ0) is 28.9. The van der Waals surface area contributed by atoms with Gasteiger partial charge >= 0.3 is 10.4 Å². The Bertz CT molecular complexity index is 1160. The Morgan fingerprint density at radius 3 is 1.87 bits per heavy atom. The molecule has 0 radical (unpaired) electrons. The topological polar surface area (TPSA) is 139 Å². The molecule has 0 unspecified atom stereocenters. The van der Waals surface area contributed by atoms with Crippen molar-refractivity contribution >= 4 is 10.4 Å². The van der Waals surface area contributed by atoms with Gasteiger partial charge in [0.05, 0.1) is 39.9 Å². The van der Waals surface area contributed by atoms with Crippen LogP contribution in [0.5, 0.6) is 23.0 Å². The first-order valence-electron chi connectivity index (χ1n) is 12.1. The van der Waals surface area contributed by atoms with Gasteiger partial charge in [0, 0.05) is 6.54 Å². The summed E-state index contributed by atoms with van der Waals surface area (Å²) in [5.74, 6) is 2.99. The first-order valence-corrected chi connectivity index (χ1v) is 13.5. The molecular formula is C27H40N2O8S. The second kappa shape index (κ2) is 15.4. The number of nitriles is 1. The standard InChI is InChI=1S/C27H38N2O4.H2O4S/c1-20(2)27(19-28,22-10-12-24(31-5)26(18-22)33-7)14-8-15-29(3)16-13-21-9-11-23(30-4)25(17-21)32-6;1-5(2,3)4/h9-12,17-18,20H,8,13-16H2,1-7H3;(H2,1,2,3,4)/t27-;/m1./s1. The molecule has 0 aliphatic heterocycles. The molecule has 2 N–H and O–H groups in total. The minimum atomic E-state index is -4.67. The zero-order valence-corrected chi connectivity index (χ0v) is 24.0. The van der Waals surface area contributed by atoms with Crippen molar-refractivity contribution in [2.24, 2.45) is 5.92 Å². The lowest BCUT2D eigenvalue weighted by Crippen LogP contribution is -2.32. The number of hydrogen-bond acceptors (Lipinski definition) is 8. The fraction of sp³-hybridized carbons (Fsp3) is 0.519. The number of benzene rings is 2. The summed E-state index contributed by atoms with van der Waals surface area (Å²) < 4.78 is 53.2. The van der Waals surface area contributed by atoms with E-state index in [-0.39, 0.29) is 5.92 Å². The molecule has 0 aliphatic carbocycles. The van der Waals surface area contributed by atoms with Gasteiger partial charge in [0.25, 0.3) is 0 Å². The molecule has 0 saturated carbocycles. The van der Waals surface area contributed by atoms with E-state index in [4.69, 9.17) is 36.5 Å². The quantitative estimate of drug-likeness (QED) is 0.343. The summed E-state index contributed by atoms with van der Waals surface area (Å²) in [5, 5.41) is 10.2. The summed E-state index contributed by atoms with van der Waals surface area (Å²) in [6, 6.07) is 14.5. The molecule has 0 saturated heterocycles. The van der Waals surface area contributed by atoms with Crippen LogP contribution in [0.4, 0.5) is 0 Å². The smallest absolute Gasteiger partial charge is 0.394 e. The SMILES string of the molecule is COc1ccc(CCN(C)CCC[C@](C#N)(c2ccc(OC)c(OC)c2)C(C)C)cc1OC.O=S(=O)(O)O. The van der Waals surface area contributed by atoms with E-state index in [1.807, 2.05) is 30.3 Å². The van der Waals surface area contributed by atoms with Crippen LogP contribution in [0, 0.1) is 17.2 Å². The van der Waals surface area contributed by atoms with Crippen molar-refractivity contribution in [3.63, 3.8) is 0 Å². The van der Waals surface area contributed by atoms with E-state index in [1.165, 1.54) is 5.56 Å². The Morgan fingerprint density at radius 1 is 0.895 bits per heavy atom. The van der Waals surface area contributed by atoms with Gasteiger partial charge in [0.15, 0.2) is 23.0 Å². The van der Waals surface area contributed by atoms with Crippen LogP contribution in [0.1, 0.15) is 37.8 Å². The summed E-state index contributed by atoms with van der Waals surface area (Å²) in [6.07, 6.45) is 2.61. The van der Waals surface area contributed by atoms with Gasteiger partial charge < -0.3 is 23.8 Å². The summed E-state index contributed by atoms with van der Waals surface area (Å²) in [7, 11) is 4.00. The average Bonchev–Trinajstić information content (AvgIpc) is 2.88. The van der Waals surface area contributed by atoms with Crippen molar-refractivity contribution in [3.8, 4) is 29.1 Å². The van der Waals surface area contributed by atoms with E-state index in [0.29, 0.717) is 11.5 Å². The van der Waals surface area contributed by atoms with Gasteiger partial charge in [0.2, 0.25) is 0 Å². The lowest BCUT2D eigenvalue weighted by Gasteiger charge is -2.32. The molecule has 2 aromatic carbocycles. The fourth-order valence-electron chi connectivity index (χ4n) is 4.23. The number of ether oxygens (including phenoxy) is 4. The largest absolute Gasteiger partial charge is 0.493 e. The number of likely N-dealkylation sites (N-methyl/N-ethyl adjacent to an activating group) is 1. The highest BCUT2D eigenvalue weighted by Crippen LogP contribution is 2.40. The third-order valence-electron chi connectivity index (χ3n) is 6.42. The number of hydrogen-bond donors (Lipinski definition) is 2. The molecule has 0 amide bonds. The Hall–Kier alpha value is -3.04. The van der Waals surface area contributed by atoms with Gasteiger partial charge in [-0.05, 0) is 74.2 Å². The van der Waals surface area contributed by atoms with Crippen LogP contribution in [-0.2, 0) is 22.2 Å². The van der Waals surface area contributed by atoms with Gasteiger partial charge in [-0.1, -0.05) is 26.0 Å². The molecule has 1 atom stereocenters. The van der Waals surface area contributed by atoms with Crippen molar-refractivity contribution in [3.05, 3.63) is 47.5 Å². The number of rotatable bonds is 13. The van der Waals surface area contributed by atoms with Crippen LogP contribution in [-0.4, -0.2) is 71.0 Å². The van der Waals surface area contributed by atoms with E-state index < -0.39 is 15.8 Å². The third kappa shape index (κ3) is 10.0.